The molecule has 6 heteroatoms. The molecular weight excluding hydrogens is 220 g/mol. The van der Waals surface area contributed by atoms with Gasteiger partial charge in [0, 0.05) is 18.3 Å². The highest BCUT2D eigenvalue weighted by Gasteiger charge is 2.20. The first-order valence-electron chi connectivity index (χ1n) is 5.40. The summed E-state index contributed by atoms with van der Waals surface area (Å²) >= 11 is 0. The molecule has 1 aromatic rings. The third-order valence-electron chi connectivity index (χ3n) is 2.66. The van der Waals surface area contributed by atoms with Crippen LogP contribution in [0.3, 0.4) is 0 Å². The predicted octanol–water partition coefficient (Wildman–Crippen LogP) is 0.194. The number of amidine groups is 1. The van der Waals surface area contributed by atoms with Gasteiger partial charge in [-0.05, 0) is 12.0 Å². The van der Waals surface area contributed by atoms with E-state index in [2.05, 4.69) is 9.98 Å². The number of ether oxygens (including phenoxy) is 2. The Bertz CT molecular complexity index is 404. The number of hydrogen-bond donors (Lipinski definition) is 2. The smallest absolute Gasteiger partial charge is 0.282 e. The van der Waals surface area contributed by atoms with Crippen LogP contribution in [-0.2, 0) is 4.74 Å². The maximum atomic E-state index is 6.07. The number of hydrogen-bond acceptors (Lipinski definition) is 6. The minimum Gasteiger partial charge on any atom is -0.481 e. The van der Waals surface area contributed by atoms with Crippen LogP contribution in [0, 0.1) is 0 Å². The molecule has 1 unspecified atom stereocenters. The van der Waals surface area contributed by atoms with Crippen LogP contribution < -0.4 is 16.2 Å². The van der Waals surface area contributed by atoms with Gasteiger partial charge in [0.15, 0.2) is 0 Å². The van der Waals surface area contributed by atoms with E-state index in [0.29, 0.717) is 18.9 Å². The van der Waals surface area contributed by atoms with Crippen LogP contribution in [0.4, 0.5) is 0 Å². The molecule has 0 saturated carbocycles. The van der Waals surface area contributed by atoms with Crippen LogP contribution in [0.25, 0.3) is 0 Å². The van der Waals surface area contributed by atoms with Crippen LogP contribution in [-0.4, -0.2) is 30.8 Å². The molecule has 2 rings (SSSR count). The highest BCUT2D eigenvalue weighted by Crippen LogP contribution is 2.20. The van der Waals surface area contributed by atoms with Gasteiger partial charge in [0.2, 0.25) is 5.88 Å². The highest BCUT2D eigenvalue weighted by atomic mass is 16.5. The summed E-state index contributed by atoms with van der Waals surface area (Å²) in [6.07, 6.45) is 2.40. The van der Waals surface area contributed by atoms with Crippen LogP contribution in [0.1, 0.15) is 18.0 Å². The van der Waals surface area contributed by atoms with Crippen molar-refractivity contribution in [2.75, 3.05) is 13.7 Å². The minimum absolute atomic E-state index is 0.0344. The number of aliphatic imine (C=N–C) groups is 1. The Hall–Kier alpha value is -1.82. The molecule has 6 nitrogen and oxygen atoms in total. The maximum Gasteiger partial charge on any atom is 0.282 e. The summed E-state index contributed by atoms with van der Waals surface area (Å²) in [5.41, 5.74) is 12.5. The summed E-state index contributed by atoms with van der Waals surface area (Å²) in [7, 11) is 1.58. The molecule has 0 radical (unpaired) electrons. The van der Waals surface area contributed by atoms with Gasteiger partial charge in [-0.2, -0.15) is 0 Å². The summed E-state index contributed by atoms with van der Waals surface area (Å²) < 4.78 is 10.1. The van der Waals surface area contributed by atoms with Gasteiger partial charge in [-0.1, -0.05) is 6.07 Å². The van der Waals surface area contributed by atoms with Gasteiger partial charge in [-0.25, -0.2) is 9.98 Å². The van der Waals surface area contributed by atoms with E-state index < -0.39 is 0 Å². The molecule has 4 N–H and O–H groups in total. The standard InChI is InChI=1S/C11H16N4O2/c1-16-10-3-2-7(5-14-10)9(12)4-8-6-17-11(13)15-8/h2-3,5,8-9H,4,6,12H2,1H3,(H2,13,15)/t8-,9?/m0/s1. The first-order chi connectivity index (χ1) is 8.19. The number of methoxy groups -OCH3 is 1. The van der Waals surface area contributed by atoms with Gasteiger partial charge < -0.3 is 20.9 Å². The zero-order chi connectivity index (χ0) is 12.3. The number of nitrogens with two attached hydrogens (primary N) is 2. The quantitative estimate of drug-likeness (QED) is 0.778. The fourth-order valence-electron chi connectivity index (χ4n) is 1.72. The van der Waals surface area contributed by atoms with E-state index in [1.807, 2.05) is 6.07 Å². The molecule has 0 spiro atoms. The van der Waals surface area contributed by atoms with E-state index in [0.717, 1.165) is 5.56 Å². The van der Waals surface area contributed by atoms with Gasteiger partial charge >= 0.3 is 0 Å². The molecule has 1 aliphatic heterocycles. The molecule has 92 valence electrons. The lowest BCUT2D eigenvalue weighted by Gasteiger charge is -2.13. The van der Waals surface area contributed by atoms with Crippen molar-refractivity contribution in [2.45, 2.75) is 18.5 Å². The molecule has 17 heavy (non-hydrogen) atoms. The highest BCUT2D eigenvalue weighted by molar-refractivity contribution is 5.73. The summed E-state index contributed by atoms with van der Waals surface area (Å²) in [6, 6.07) is 3.84. The van der Waals surface area contributed by atoms with Gasteiger partial charge in [-0.15, -0.1) is 0 Å². The molecule has 1 aliphatic rings. The van der Waals surface area contributed by atoms with Crippen LogP contribution in [0.5, 0.6) is 5.88 Å². The second-order valence-electron chi connectivity index (χ2n) is 3.91. The number of rotatable bonds is 4. The largest absolute Gasteiger partial charge is 0.481 e. The van der Waals surface area contributed by atoms with Gasteiger partial charge in [0.1, 0.15) is 6.61 Å². The van der Waals surface area contributed by atoms with Crippen molar-refractivity contribution in [3.05, 3.63) is 23.9 Å². The van der Waals surface area contributed by atoms with Crippen molar-refractivity contribution in [3.8, 4) is 5.88 Å². The van der Waals surface area contributed by atoms with Crippen molar-refractivity contribution in [2.24, 2.45) is 16.5 Å². The van der Waals surface area contributed by atoms with Crippen LogP contribution >= 0.6 is 0 Å². The summed E-state index contributed by atoms with van der Waals surface area (Å²) in [5, 5.41) is 0. The molecule has 1 aromatic heterocycles. The number of aromatic nitrogens is 1. The lowest BCUT2D eigenvalue weighted by atomic mass is 10.0. The first kappa shape index (κ1) is 11.7. The molecule has 0 bridgehead atoms. The van der Waals surface area contributed by atoms with E-state index in [1.165, 1.54) is 0 Å². The molecular formula is C11H16N4O2. The fourth-order valence-corrected chi connectivity index (χ4v) is 1.72. The number of pyridine rings is 1. The minimum atomic E-state index is -0.128. The van der Waals surface area contributed by atoms with Gasteiger partial charge in [0.25, 0.3) is 6.02 Å². The number of nitrogens with zero attached hydrogens (tertiary/aromatic N) is 2. The third kappa shape index (κ3) is 2.85. The summed E-state index contributed by atoms with van der Waals surface area (Å²) in [6.45, 7) is 0.503. The Balaban J connectivity index is 1.97. The van der Waals surface area contributed by atoms with Crippen molar-refractivity contribution in [1.82, 2.24) is 4.98 Å². The van der Waals surface area contributed by atoms with Crippen molar-refractivity contribution in [3.63, 3.8) is 0 Å². The average molecular weight is 236 g/mol. The molecule has 2 heterocycles. The SMILES string of the molecule is COc1ccc(C(N)C[C@H]2COC(N)=N2)cn1. The second-order valence-corrected chi connectivity index (χ2v) is 3.91. The third-order valence-corrected chi connectivity index (χ3v) is 2.66. The molecule has 0 aliphatic carbocycles. The van der Waals surface area contributed by atoms with E-state index >= 15 is 0 Å². The van der Waals surface area contributed by atoms with E-state index in [4.69, 9.17) is 20.9 Å². The Labute approximate surface area is 99.6 Å². The lowest BCUT2D eigenvalue weighted by Crippen LogP contribution is -2.18. The van der Waals surface area contributed by atoms with Crippen LogP contribution in [0.15, 0.2) is 23.3 Å². The van der Waals surface area contributed by atoms with Crippen molar-refractivity contribution in [1.29, 1.82) is 0 Å². The Kier molecular flexibility index (Phi) is 3.43. The zero-order valence-electron chi connectivity index (χ0n) is 9.67. The van der Waals surface area contributed by atoms with E-state index in [-0.39, 0.29) is 18.1 Å². The summed E-state index contributed by atoms with van der Waals surface area (Å²) in [4.78, 5) is 8.25. The van der Waals surface area contributed by atoms with Gasteiger partial charge in [-0.3, -0.25) is 0 Å². The summed E-state index contributed by atoms with van der Waals surface area (Å²) in [5.74, 6) is 0.576. The molecule has 0 aromatic carbocycles. The molecule has 0 saturated heterocycles. The first-order valence-corrected chi connectivity index (χ1v) is 5.40. The fraction of sp³-hybridized carbons (Fsp3) is 0.455. The molecule has 0 amide bonds. The molecule has 2 atom stereocenters. The lowest BCUT2D eigenvalue weighted by molar-refractivity contribution is 0.302. The van der Waals surface area contributed by atoms with E-state index in [9.17, 15) is 0 Å². The van der Waals surface area contributed by atoms with Crippen LogP contribution in [0.2, 0.25) is 0 Å². The monoisotopic (exact) mass is 236 g/mol. The van der Waals surface area contributed by atoms with Gasteiger partial charge in [0.05, 0.1) is 13.2 Å². The normalized spacial score (nSPS) is 20.6. The second kappa shape index (κ2) is 5.01. The Morgan fingerprint density at radius 3 is 2.94 bits per heavy atom. The van der Waals surface area contributed by atoms with Crippen molar-refractivity contribution >= 4 is 6.02 Å². The Morgan fingerprint density at radius 1 is 1.59 bits per heavy atom. The zero-order valence-corrected chi connectivity index (χ0v) is 9.67. The van der Waals surface area contributed by atoms with Crippen molar-refractivity contribution < 1.29 is 9.47 Å². The maximum absolute atomic E-state index is 6.07. The topological polar surface area (TPSA) is 95.8 Å². The Morgan fingerprint density at radius 2 is 2.41 bits per heavy atom. The molecule has 0 fully saturated rings. The average Bonchev–Trinajstić information content (AvgIpc) is 2.75. The van der Waals surface area contributed by atoms with E-state index in [1.54, 1.807) is 19.4 Å². The predicted molar refractivity (Wildman–Crippen MR) is 63.7 cm³/mol.